The van der Waals surface area contributed by atoms with E-state index in [1.165, 1.54) is 0 Å². The molecule has 0 aliphatic rings. The van der Waals surface area contributed by atoms with Crippen LogP contribution in [-0.2, 0) is 11.2 Å². The van der Waals surface area contributed by atoms with Crippen molar-refractivity contribution >= 4 is 29.1 Å². The third kappa shape index (κ3) is 3.74. The van der Waals surface area contributed by atoms with Crippen molar-refractivity contribution in [2.24, 2.45) is 5.73 Å². The van der Waals surface area contributed by atoms with Crippen LogP contribution in [0.4, 0.5) is 0 Å². The summed E-state index contributed by atoms with van der Waals surface area (Å²) in [5.41, 5.74) is 8.98. The predicted octanol–water partition coefficient (Wildman–Crippen LogP) is 3.14. The van der Waals surface area contributed by atoms with Gasteiger partial charge in [-0.25, -0.2) is 4.68 Å². The molecule has 0 fully saturated rings. The van der Waals surface area contributed by atoms with Crippen LogP contribution in [0.15, 0.2) is 18.2 Å². The van der Waals surface area contributed by atoms with Gasteiger partial charge in [0, 0.05) is 35.9 Å². The van der Waals surface area contributed by atoms with Gasteiger partial charge in [0.15, 0.2) is 0 Å². The van der Waals surface area contributed by atoms with E-state index in [1.54, 1.807) is 28.8 Å². The van der Waals surface area contributed by atoms with E-state index in [1.807, 2.05) is 26.8 Å². The number of likely N-dealkylation sites (N-methyl/N-ethyl adjacent to an activating group) is 1. The minimum Gasteiger partial charge on any atom is -0.341 e. The van der Waals surface area contributed by atoms with Crippen LogP contribution < -0.4 is 5.73 Å². The second-order valence-electron chi connectivity index (χ2n) is 5.92. The summed E-state index contributed by atoms with van der Waals surface area (Å²) in [5.74, 6) is 0.0147. The Labute approximate surface area is 152 Å². The molecule has 24 heavy (non-hydrogen) atoms. The molecule has 0 saturated heterocycles. The number of nitrogens with zero attached hydrogens (tertiary/aromatic N) is 3. The number of aromatic nitrogens is 2. The molecule has 130 valence electrons. The molecule has 2 aromatic rings. The highest BCUT2D eigenvalue weighted by molar-refractivity contribution is 6.35. The Bertz CT molecular complexity index is 757. The number of benzene rings is 1. The van der Waals surface area contributed by atoms with Crippen LogP contribution in [0.5, 0.6) is 0 Å². The fraction of sp³-hybridized carbons (Fsp3) is 0.412. The summed E-state index contributed by atoms with van der Waals surface area (Å²) in [7, 11) is 1.77. The molecule has 1 unspecified atom stereocenters. The minimum atomic E-state index is -0.00105. The highest BCUT2D eigenvalue weighted by Crippen LogP contribution is 2.27. The van der Waals surface area contributed by atoms with Crippen LogP contribution in [0, 0.1) is 13.8 Å². The van der Waals surface area contributed by atoms with Crippen LogP contribution in [0.1, 0.15) is 23.9 Å². The fourth-order valence-electron chi connectivity index (χ4n) is 2.50. The molecule has 2 N–H and O–H groups in total. The third-order valence-electron chi connectivity index (χ3n) is 4.30. The zero-order valence-corrected chi connectivity index (χ0v) is 15.8. The summed E-state index contributed by atoms with van der Waals surface area (Å²) in [5, 5.41) is 5.62. The summed E-state index contributed by atoms with van der Waals surface area (Å²) >= 11 is 12.2. The highest BCUT2D eigenvalue weighted by Gasteiger charge is 2.21. The predicted molar refractivity (Wildman–Crippen MR) is 98.0 cm³/mol. The van der Waals surface area contributed by atoms with Gasteiger partial charge < -0.3 is 10.6 Å². The summed E-state index contributed by atoms with van der Waals surface area (Å²) < 4.78 is 1.75. The molecule has 0 aliphatic carbocycles. The second-order valence-corrected chi connectivity index (χ2v) is 6.77. The van der Waals surface area contributed by atoms with Gasteiger partial charge in [-0.2, -0.15) is 5.10 Å². The molecule has 0 radical (unpaired) electrons. The molecule has 1 heterocycles. The quantitative estimate of drug-likeness (QED) is 0.881. The molecule has 1 aromatic carbocycles. The first-order chi connectivity index (χ1) is 11.3. The Morgan fingerprint density at radius 2 is 2.04 bits per heavy atom. The van der Waals surface area contributed by atoms with Crippen molar-refractivity contribution in [1.82, 2.24) is 14.7 Å². The maximum absolute atomic E-state index is 12.5. The van der Waals surface area contributed by atoms with Crippen molar-refractivity contribution in [3.63, 3.8) is 0 Å². The van der Waals surface area contributed by atoms with Crippen LogP contribution >= 0.6 is 23.2 Å². The molecule has 7 heteroatoms. The van der Waals surface area contributed by atoms with E-state index >= 15 is 0 Å². The van der Waals surface area contributed by atoms with Gasteiger partial charge in [-0.1, -0.05) is 23.2 Å². The number of hydrogen-bond acceptors (Lipinski definition) is 3. The topological polar surface area (TPSA) is 64.2 Å². The largest absolute Gasteiger partial charge is 0.341 e. The molecule has 0 spiro atoms. The van der Waals surface area contributed by atoms with Crippen molar-refractivity contribution in [1.29, 1.82) is 0 Å². The van der Waals surface area contributed by atoms with Gasteiger partial charge in [0.2, 0.25) is 5.91 Å². The number of halogens is 2. The van der Waals surface area contributed by atoms with Crippen molar-refractivity contribution in [2.75, 3.05) is 13.6 Å². The summed E-state index contributed by atoms with van der Waals surface area (Å²) in [6, 6.07) is 5.26. The third-order valence-corrected chi connectivity index (χ3v) is 4.84. The summed E-state index contributed by atoms with van der Waals surface area (Å²) in [6.07, 6.45) is 0.281. The van der Waals surface area contributed by atoms with Gasteiger partial charge >= 0.3 is 0 Å². The standard InChI is InChI=1S/C17H22Cl2N4O/c1-10(9-20)22(4)17(24)8-14-11(2)21-23(12(14)3)16-6-5-13(18)7-15(16)19/h5-7,10H,8-9,20H2,1-4H3. The zero-order chi connectivity index (χ0) is 18.0. The van der Waals surface area contributed by atoms with Crippen molar-refractivity contribution < 1.29 is 4.79 Å². The van der Waals surface area contributed by atoms with Crippen molar-refractivity contribution in [2.45, 2.75) is 33.2 Å². The Hall–Kier alpha value is -1.56. The lowest BCUT2D eigenvalue weighted by atomic mass is 10.1. The highest BCUT2D eigenvalue weighted by atomic mass is 35.5. The van der Waals surface area contributed by atoms with Gasteiger partial charge in [0.05, 0.1) is 22.8 Å². The fourth-order valence-corrected chi connectivity index (χ4v) is 2.99. The molecule has 1 amide bonds. The van der Waals surface area contributed by atoms with E-state index in [9.17, 15) is 4.79 Å². The number of rotatable bonds is 5. The lowest BCUT2D eigenvalue weighted by molar-refractivity contribution is -0.130. The Morgan fingerprint density at radius 1 is 1.38 bits per heavy atom. The van der Waals surface area contributed by atoms with Crippen LogP contribution in [0.2, 0.25) is 10.0 Å². The maximum atomic E-state index is 12.5. The Balaban J connectivity index is 2.34. The van der Waals surface area contributed by atoms with Gasteiger partial charge in [0.1, 0.15) is 0 Å². The Kier molecular flexibility index (Phi) is 5.91. The first kappa shape index (κ1) is 18.8. The van der Waals surface area contributed by atoms with Crippen molar-refractivity contribution in [3.05, 3.63) is 45.2 Å². The zero-order valence-electron chi connectivity index (χ0n) is 14.3. The van der Waals surface area contributed by atoms with Gasteiger partial charge in [-0.05, 0) is 39.0 Å². The SMILES string of the molecule is Cc1nn(-c2ccc(Cl)cc2Cl)c(C)c1CC(=O)N(C)C(C)CN. The molecule has 5 nitrogen and oxygen atoms in total. The number of aryl methyl sites for hydroxylation is 1. The number of carbonyl (C=O) groups is 1. The minimum absolute atomic E-state index is 0.00105. The van der Waals surface area contributed by atoms with Gasteiger partial charge in [-0.3, -0.25) is 4.79 Å². The molecule has 0 bridgehead atoms. The molecular formula is C17H22Cl2N4O. The first-order valence-electron chi connectivity index (χ1n) is 7.72. The average Bonchev–Trinajstić information content (AvgIpc) is 2.81. The number of nitrogens with two attached hydrogens (primary N) is 1. The molecular weight excluding hydrogens is 347 g/mol. The lowest BCUT2D eigenvalue weighted by Crippen LogP contribution is -2.40. The lowest BCUT2D eigenvalue weighted by Gasteiger charge is -2.23. The van der Waals surface area contributed by atoms with Crippen LogP contribution in [-0.4, -0.2) is 40.2 Å². The first-order valence-corrected chi connectivity index (χ1v) is 8.48. The van der Waals surface area contributed by atoms with Gasteiger partial charge in [0.25, 0.3) is 0 Å². The van der Waals surface area contributed by atoms with Crippen molar-refractivity contribution in [3.8, 4) is 5.69 Å². The van der Waals surface area contributed by atoms with E-state index in [0.29, 0.717) is 16.6 Å². The summed E-state index contributed by atoms with van der Waals surface area (Å²) in [6.45, 7) is 6.18. The van der Waals surface area contributed by atoms with E-state index in [2.05, 4.69) is 5.10 Å². The molecule has 1 aromatic heterocycles. The molecule has 1 atom stereocenters. The van der Waals surface area contributed by atoms with Crippen LogP contribution in [0.3, 0.4) is 0 Å². The number of amides is 1. The smallest absolute Gasteiger partial charge is 0.227 e. The number of carbonyl (C=O) groups excluding carboxylic acids is 1. The average molecular weight is 369 g/mol. The van der Waals surface area contributed by atoms with E-state index in [-0.39, 0.29) is 18.4 Å². The maximum Gasteiger partial charge on any atom is 0.227 e. The second kappa shape index (κ2) is 7.55. The van der Waals surface area contributed by atoms with Gasteiger partial charge in [-0.15, -0.1) is 0 Å². The molecule has 0 aliphatic heterocycles. The monoisotopic (exact) mass is 368 g/mol. The Morgan fingerprint density at radius 3 is 2.62 bits per heavy atom. The van der Waals surface area contributed by atoms with E-state index < -0.39 is 0 Å². The molecule has 2 rings (SSSR count). The normalized spacial score (nSPS) is 12.3. The van der Waals surface area contributed by atoms with E-state index in [4.69, 9.17) is 28.9 Å². The summed E-state index contributed by atoms with van der Waals surface area (Å²) in [4.78, 5) is 14.1. The van der Waals surface area contributed by atoms with Crippen LogP contribution in [0.25, 0.3) is 5.69 Å². The molecule has 0 saturated carbocycles. The van der Waals surface area contributed by atoms with E-state index in [0.717, 1.165) is 22.6 Å². The number of hydrogen-bond donors (Lipinski definition) is 1.